The van der Waals surface area contributed by atoms with Crippen LogP contribution in [0.5, 0.6) is 23.0 Å². The van der Waals surface area contributed by atoms with Crippen LogP contribution in [-0.2, 0) is 4.79 Å². The Kier molecular flexibility index (Phi) is 14.6. The van der Waals surface area contributed by atoms with E-state index in [2.05, 4.69) is 21.3 Å². The van der Waals surface area contributed by atoms with E-state index in [1.54, 1.807) is 0 Å². The normalized spacial score (nSPS) is 11.0. The third-order valence-corrected chi connectivity index (χ3v) is 4.90. The number of unbranched alkanes of at least 4 members (excludes halogenated alkanes) is 1. The van der Waals surface area contributed by atoms with Crippen molar-refractivity contribution in [3.05, 3.63) is 47.5 Å². The molecule has 0 fully saturated rings. The van der Waals surface area contributed by atoms with Crippen LogP contribution >= 0.6 is 0 Å². The molecule has 0 aromatic heterocycles. The maximum Gasteiger partial charge on any atom is 0.255 e. The fraction of sp³-hybridized carbons (Fsp3) is 0.400. The molecule has 0 aliphatic carbocycles. The Labute approximate surface area is 215 Å². The third kappa shape index (κ3) is 12.0. The highest BCUT2D eigenvalue weighted by Gasteiger charge is 2.14. The highest BCUT2D eigenvalue weighted by molar-refractivity contribution is 5.98. The number of rotatable bonds is 14. The molecule has 2 rings (SSSR count). The van der Waals surface area contributed by atoms with Crippen LogP contribution in [0.3, 0.4) is 0 Å². The lowest BCUT2D eigenvalue weighted by Crippen LogP contribution is -2.30. The van der Waals surface area contributed by atoms with Gasteiger partial charge in [-0.2, -0.15) is 0 Å². The molecule has 12 nitrogen and oxygen atoms in total. The third-order valence-electron chi connectivity index (χ3n) is 4.90. The Hall–Kier alpha value is -4.03. The number of amides is 3. The lowest BCUT2D eigenvalue weighted by molar-refractivity contribution is -0.109. The van der Waals surface area contributed by atoms with Crippen LogP contribution in [0.1, 0.15) is 46.9 Å². The number of carbonyl (C=O) groups is 3. The molecule has 0 heterocycles. The summed E-state index contributed by atoms with van der Waals surface area (Å²) in [6.07, 6.45) is 2.70. The maximum absolute atomic E-state index is 11.8. The lowest BCUT2D eigenvalue weighted by atomic mass is 10.1. The Balaban J connectivity index is 0.000000397. The number of carbonyl (C=O) groups excluding carboxylic acids is 3. The average Bonchev–Trinajstić information content (AvgIpc) is 2.87. The van der Waals surface area contributed by atoms with Gasteiger partial charge in [-0.1, -0.05) is 12.1 Å². The summed E-state index contributed by atoms with van der Waals surface area (Å²) in [6, 6.07) is 8.39. The van der Waals surface area contributed by atoms with Crippen molar-refractivity contribution < 1.29 is 39.9 Å². The van der Waals surface area contributed by atoms with Gasteiger partial charge in [0.25, 0.3) is 11.8 Å². The van der Waals surface area contributed by atoms with E-state index in [9.17, 15) is 29.7 Å². The van der Waals surface area contributed by atoms with Crippen molar-refractivity contribution in [3.63, 3.8) is 0 Å². The molecule has 0 spiro atoms. The minimum Gasteiger partial charge on any atom is -0.504 e. The molecule has 9 N–H and O–H groups in total. The van der Waals surface area contributed by atoms with Gasteiger partial charge in [0.2, 0.25) is 6.41 Å². The van der Waals surface area contributed by atoms with Crippen molar-refractivity contribution in [1.29, 1.82) is 0 Å². The van der Waals surface area contributed by atoms with E-state index in [0.29, 0.717) is 19.5 Å². The summed E-state index contributed by atoms with van der Waals surface area (Å²) in [5, 5.41) is 57.3. The number of nitrogens with one attached hydrogen (secondary N) is 4. The Morgan fingerprint density at radius 2 is 1.30 bits per heavy atom. The number of aliphatic hydroxyl groups is 1. The molecule has 0 saturated carbocycles. The van der Waals surface area contributed by atoms with E-state index >= 15 is 0 Å². The molecule has 0 bridgehead atoms. The largest absolute Gasteiger partial charge is 0.504 e. The number of para-hydroxylation sites is 2. The number of hydrogen-bond donors (Lipinski definition) is 9. The van der Waals surface area contributed by atoms with E-state index in [0.717, 1.165) is 32.4 Å². The molecular weight excluding hydrogens is 484 g/mol. The van der Waals surface area contributed by atoms with E-state index in [-0.39, 0.29) is 29.2 Å². The molecule has 3 amide bonds. The minimum atomic E-state index is -0.659. The summed E-state index contributed by atoms with van der Waals surface area (Å²) in [5.74, 6) is -2.46. The van der Waals surface area contributed by atoms with Crippen molar-refractivity contribution in [1.82, 2.24) is 21.3 Å². The molecule has 1 atom stereocenters. The summed E-state index contributed by atoms with van der Waals surface area (Å²) in [6.45, 7) is 4.42. The van der Waals surface area contributed by atoms with E-state index < -0.39 is 29.4 Å². The van der Waals surface area contributed by atoms with Crippen LogP contribution in [0.2, 0.25) is 0 Å². The molecule has 2 aromatic rings. The predicted molar refractivity (Wildman–Crippen MR) is 137 cm³/mol. The molecular formula is C25H36N4O8. The summed E-state index contributed by atoms with van der Waals surface area (Å²) in [5.41, 5.74) is 0.0475. The Morgan fingerprint density at radius 1 is 0.784 bits per heavy atom. The van der Waals surface area contributed by atoms with Crippen LogP contribution < -0.4 is 21.3 Å². The van der Waals surface area contributed by atoms with E-state index in [1.807, 2.05) is 0 Å². The van der Waals surface area contributed by atoms with Gasteiger partial charge in [-0.15, -0.1) is 0 Å². The zero-order valence-corrected chi connectivity index (χ0v) is 20.7. The number of hydrogen-bond acceptors (Lipinski definition) is 9. The van der Waals surface area contributed by atoms with Crippen molar-refractivity contribution in [2.24, 2.45) is 0 Å². The Morgan fingerprint density at radius 3 is 1.84 bits per heavy atom. The van der Waals surface area contributed by atoms with Gasteiger partial charge < -0.3 is 46.8 Å². The van der Waals surface area contributed by atoms with Gasteiger partial charge in [-0.05, 0) is 63.5 Å². The molecule has 0 saturated heterocycles. The van der Waals surface area contributed by atoms with Crippen molar-refractivity contribution in [3.8, 4) is 23.0 Å². The monoisotopic (exact) mass is 520 g/mol. The van der Waals surface area contributed by atoms with E-state index in [1.165, 1.54) is 43.3 Å². The number of phenolic OH excluding ortho intramolecular Hbond substituents is 4. The summed E-state index contributed by atoms with van der Waals surface area (Å²) in [7, 11) is 0. The molecule has 0 aliphatic rings. The van der Waals surface area contributed by atoms with Gasteiger partial charge in [0, 0.05) is 19.6 Å². The van der Waals surface area contributed by atoms with Gasteiger partial charge in [-0.3, -0.25) is 14.4 Å². The molecule has 0 radical (unpaired) electrons. The van der Waals surface area contributed by atoms with Crippen LogP contribution in [0, 0.1) is 0 Å². The molecule has 37 heavy (non-hydrogen) atoms. The second-order valence-corrected chi connectivity index (χ2v) is 8.04. The van der Waals surface area contributed by atoms with Gasteiger partial charge in [0.05, 0.1) is 17.2 Å². The smallest absolute Gasteiger partial charge is 0.255 e. The summed E-state index contributed by atoms with van der Waals surface area (Å²) in [4.78, 5) is 33.3. The first-order valence-electron chi connectivity index (χ1n) is 11.8. The van der Waals surface area contributed by atoms with Gasteiger partial charge in [0.15, 0.2) is 23.0 Å². The summed E-state index contributed by atoms with van der Waals surface area (Å²) < 4.78 is 0. The van der Waals surface area contributed by atoms with Crippen molar-refractivity contribution in [2.45, 2.75) is 32.3 Å². The number of phenols is 4. The minimum absolute atomic E-state index is 0.0179. The van der Waals surface area contributed by atoms with Gasteiger partial charge in [0.1, 0.15) is 0 Å². The highest BCUT2D eigenvalue weighted by atomic mass is 16.3. The zero-order chi connectivity index (χ0) is 27.6. The standard InChI is InChI=1S/C15H23N3O4.C10H13NO4/c19-11-17-8-2-1-7-16-9-4-10-18-15(22)12-5-3-6-13(20)14(12)21;1-6(12)5-11-10(15)7-3-2-4-8(13)9(7)14/h3,5-6,11,16,20-21H,1-2,4,7-10H2,(H,17,19)(H,18,22);2-4,6,12-14H,5H2,1H3,(H,11,15). The van der Waals surface area contributed by atoms with Crippen molar-refractivity contribution >= 4 is 18.2 Å². The van der Waals surface area contributed by atoms with Gasteiger partial charge in [-0.25, -0.2) is 0 Å². The van der Waals surface area contributed by atoms with E-state index in [4.69, 9.17) is 10.2 Å². The van der Waals surface area contributed by atoms with Crippen LogP contribution in [-0.4, -0.2) is 82.6 Å². The molecule has 204 valence electrons. The molecule has 0 aliphatic heterocycles. The maximum atomic E-state index is 11.8. The second-order valence-electron chi connectivity index (χ2n) is 8.04. The van der Waals surface area contributed by atoms with Crippen molar-refractivity contribution in [2.75, 3.05) is 32.7 Å². The number of benzene rings is 2. The van der Waals surface area contributed by atoms with Crippen LogP contribution in [0.15, 0.2) is 36.4 Å². The molecule has 1 unspecified atom stereocenters. The van der Waals surface area contributed by atoms with Gasteiger partial charge >= 0.3 is 0 Å². The first kappa shape index (κ1) is 31.0. The molecule has 12 heteroatoms. The fourth-order valence-electron chi connectivity index (χ4n) is 2.94. The zero-order valence-electron chi connectivity index (χ0n) is 20.7. The topological polar surface area (TPSA) is 200 Å². The molecule has 2 aromatic carbocycles. The Bertz CT molecular complexity index is 1000. The second kappa shape index (κ2) is 17.4. The predicted octanol–water partition coefficient (Wildman–Crippen LogP) is 0.542. The lowest BCUT2D eigenvalue weighted by Gasteiger charge is -2.08. The quantitative estimate of drug-likeness (QED) is 0.0968. The first-order valence-corrected chi connectivity index (χ1v) is 11.8. The average molecular weight is 521 g/mol. The van der Waals surface area contributed by atoms with Crippen LogP contribution in [0.4, 0.5) is 0 Å². The number of aromatic hydroxyl groups is 4. The SMILES string of the molecule is CC(O)CNC(=O)c1cccc(O)c1O.O=CNCCCCNCCCNC(=O)c1cccc(O)c1O. The number of aliphatic hydroxyl groups excluding tert-OH is 1. The summed E-state index contributed by atoms with van der Waals surface area (Å²) >= 11 is 0. The van der Waals surface area contributed by atoms with Crippen LogP contribution in [0.25, 0.3) is 0 Å². The first-order chi connectivity index (χ1) is 17.7. The highest BCUT2D eigenvalue weighted by Crippen LogP contribution is 2.28. The fourth-order valence-corrected chi connectivity index (χ4v) is 2.94.